The summed E-state index contributed by atoms with van der Waals surface area (Å²) in [7, 11) is 1.48. The molecule has 2 atom stereocenters. The first-order valence-electron chi connectivity index (χ1n) is 6.88. The van der Waals surface area contributed by atoms with Crippen LogP contribution in [0, 0.1) is 11.7 Å². The van der Waals surface area contributed by atoms with Crippen LogP contribution >= 0.6 is 0 Å². The van der Waals surface area contributed by atoms with Gasteiger partial charge in [0, 0.05) is 18.6 Å². The van der Waals surface area contributed by atoms with E-state index < -0.39 is 0 Å². The maximum atomic E-state index is 13.7. The van der Waals surface area contributed by atoms with Gasteiger partial charge in [-0.1, -0.05) is 13.0 Å². The van der Waals surface area contributed by atoms with Crippen molar-refractivity contribution in [2.75, 3.05) is 26.9 Å². The molecule has 1 heterocycles. The van der Waals surface area contributed by atoms with Gasteiger partial charge in [-0.15, -0.1) is 0 Å². The fourth-order valence-corrected chi connectivity index (χ4v) is 2.63. The summed E-state index contributed by atoms with van der Waals surface area (Å²) in [5.41, 5.74) is 0.996. The summed E-state index contributed by atoms with van der Waals surface area (Å²) in [5, 5.41) is 3.49. The number of methoxy groups -OCH3 is 1. The molecule has 2 unspecified atom stereocenters. The van der Waals surface area contributed by atoms with Gasteiger partial charge in [-0.2, -0.15) is 0 Å². The Morgan fingerprint density at radius 2 is 2.37 bits per heavy atom. The van der Waals surface area contributed by atoms with Crippen molar-refractivity contribution < 1.29 is 13.9 Å². The van der Waals surface area contributed by atoms with Crippen molar-refractivity contribution in [1.82, 2.24) is 5.32 Å². The average molecular weight is 267 g/mol. The molecule has 1 saturated heterocycles. The normalized spacial score (nSPS) is 20.5. The summed E-state index contributed by atoms with van der Waals surface area (Å²) in [6.45, 7) is 4.65. The second kappa shape index (κ2) is 6.87. The summed E-state index contributed by atoms with van der Waals surface area (Å²) in [4.78, 5) is 0. The zero-order valence-electron chi connectivity index (χ0n) is 11.6. The van der Waals surface area contributed by atoms with Crippen LogP contribution in [0.4, 0.5) is 4.39 Å². The Labute approximate surface area is 114 Å². The molecule has 0 bridgehead atoms. The van der Waals surface area contributed by atoms with Crippen molar-refractivity contribution in [3.8, 4) is 5.75 Å². The molecule has 1 fully saturated rings. The summed E-state index contributed by atoms with van der Waals surface area (Å²) < 4.78 is 24.1. The van der Waals surface area contributed by atoms with Crippen molar-refractivity contribution in [2.45, 2.75) is 25.8 Å². The minimum atomic E-state index is -0.294. The molecule has 1 aromatic rings. The number of nitrogens with one attached hydrogen (secondary N) is 1. The van der Waals surface area contributed by atoms with Gasteiger partial charge >= 0.3 is 0 Å². The monoisotopic (exact) mass is 267 g/mol. The highest BCUT2D eigenvalue weighted by molar-refractivity contribution is 5.29. The van der Waals surface area contributed by atoms with E-state index in [4.69, 9.17) is 9.47 Å². The number of likely N-dealkylation sites (N-methyl/N-ethyl adjacent to an activating group) is 1. The van der Waals surface area contributed by atoms with E-state index in [0.29, 0.717) is 17.7 Å². The van der Waals surface area contributed by atoms with Gasteiger partial charge in [0.25, 0.3) is 0 Å². The topological polar surface area (TPSA) is 30.5 Å². The van der Waals surface area contributed by atoms with E-state index in [-0.39, 0.29) is 5.82 Å². The Morgan fingerprint density at radius 1 is 1.53 bits per heavy atom. The van der Waals surface area contributed by atoms with Crippen LogP contribution in [0.25, 0.3) is 0 Å². The smallest absolute Gasteiger partial charge is 0.165 e. The van der Waals surface area contributed by atoms with Crippen LogP contribution in [0.15, 0.2) is 18.2 Å². The van der Waals surface area contributed by atoms with Gasteiger partial charge < -0.3 is 14.8 Å². The molecule has 1 aliphatic rings. The lowest BCUT2D eigenvalue weighted by Crippen LogP contribution is -2.38. The minimum absolute atomic E-state index is 0.294. The second-order valence-corrected chi connectivity index (χ2v) is 4.96. The first kappa shape index (κ1) is 14.3. The van der Waals surface area contributed by atoms with Crippen LogP contribution in [0.1, 0.15) is 18.9 Å². The molecular weight excluding hydrogens is 245 g/mol. The lowest BCUT2D eigenvalue weighted by Gasteiger charge is -2.23. The molecule has 0 saturated carbocycles. The first-order valence-corrected chi connectivity index (χ1v) is 6.88. The third-order valence-corrected chi connectivity index (χ3v) is 3.67. The van der Waals surface area contributed by atoms with Gasteiger partial charge in [-0.25, -0.2) is 4.39 Å². The van der Waals surface area contributed by atoms with E-state index in [2.05, 4.69) is 12.2 Å². The van der Waals surface area contributed by atoms with Crippen molar-refractivity contribution in [3.05, 3.63) is 29.6 Å². The Balaban J connectivity index is 2.05. The molecule has 3 nitrogen and oxygen atoms in total. The average Bonchev–Trinajstić information content (AvgIpc) is 2.92. The SMILES string of the molecule is CCNC(Cc1ccc(OC)c(F)c1)C1CCOC1. The van der Waals surface area contributed by atoms with Crippen LogP contribution in [0.5, 0.6) is 5.75 Å². The molecule has 1 aromatic carbocycles. The lowest BCUT2D eigenvalue weighted by atomic mass is 9.92. The van der Waals surface area contributed by atoms with Gasteiger partial charge in [0.1, 0.15) is 0 Å². The van der Waals surface area contributed by atoms with E-state index >= 15 is 0 Å². The van der Waals surface area contributed by atoms with Crippen molar-refractivity contribution in [3.63, 3.8) is 0 Å². The number of halogens is 1. The number of hydrogen-bond acceptors (Lipinski definition) is 3. The fraction of sp³-hybridized carbons (Fsp3) is 0.600. The second-order valence-electron chi connectivity index (χ2n) is 4.96. The van der Waals surface area contributed by atoms with Crippen molar-refractivity contribution in [2.24, 2.45) is 5.92 Å². The van der Waals surface area contributed by atoms with Crippen LogP contribution in [-0.2, 0) is 11.2 Å². The Kier molecular flexibility index (Phi) is 5.16. The zero-order valence-corrected chi connectivity index (χ0v) is 11.6. The Morgan fingerprint density at radius 3 is 2.95 bits per heavy atom. The molecular formula is C15H22FNO2. The molecule has 1 aliphatic heterocycles. The van der Waals surface area contributed by atoms with Crippen LogP contribution in [0.3, 0.4) is 0 Å². The Hall–Kier alpha value is -1.13. The van der Waals surface area contributed by atoms with E-state index in [0.717, 1.165) is 38.2 Å². The number of rotatable bonds is 6. The number of benzene rings is 1. The predicted octanol–water partition coefficient (Wildman–Crippen LogP) is 2.39. The number of ether oxygens (including phenoxy) is 2. The first-order chi connectivity index (χ1) is 9.24. The summed E-state index contributed by atoms with van der Waals surface area (Å²) in [6.07, 6.45) is 1.90. The summed E-state index contributed by atoms with van der Waals surface area (Å²) in [5.74, 6) is 0.524. The van der Waals surface area contributed by atoms with Crippen molar-refractivity contribution >= 4 is 0 Å². The largest absolute Gasteiger partial charge is 0.494 e. The predicted molar refractivity (Wildman–Crippen MR) is 73.0 cm³/mol. The highest BCUT2D eigenvalue weighted by Gasteiger charge is 2.25. The van der Waals surface area contributed by atoms with Gasteiger partial charge in [0.05, 0.1) is 13.7 Å². The molecule has 0 aromatic heterocycles. The van der Waals surface area contributed by atoms with Crippen LogP contribution in [0.2, 0.25) is 0 Å². The third-order valence-electron chi connectivity index (χ3n) is 3.67. The van der Waals surface area contributed by atoms with Gasteiger partial charge in [0.2, 0.25) is 0 Å². The quantitative estimate of drug-likeness (QED) is 0.858. The summed E-state index contributed by atoms with van der Waals surface area (Å²) in [6, 6.07) is 5.54. The maximum absolute atomic E-state index is 13.7. The van der Waals surface area contributed by atoms with E-state index in [1.807, 2.05) is 6.07 Å². The van der Waals surface area contributed by atoms with Gasteiger partial charge in [0.15, 0.2) is 11.6 Å². The fourth-order valence-electron chi connectivity index (χ4n) is 2.63. The lowest BCUT2D eigenvalue weighted by molar-refractivity contribution is 0.176. The van der Waals surface area contributed by atoms with E-state index in [9.17, 15) is 4.39 Å². The molecule has 106 valence electrons. The third kappa shape index (κ3) is 3.67. The Bertz CT molecular complexity index is 405. The molecule has 0 amide bonds. The summed E-state index contributed by atoms with van der Waals surface area (Å²) >= 11 is 0. The van der Waals surface area contributed by atoms with Gasteiger partial charge in [-0.3, -0.25) is 0 Å². The molecule has 0 aliphatic carbocycles. The van der Waals surface area contributed by atoms with E-state index in [1.54, 1.807) is 12.1 Å². The van der Waals surface area contributed by atoms with Crippen LogP contribution in [-0.4, -0.2) is 32.9 Å². The molecule has 0 spiro atoms. The molecule has 4 heteroatoms. The highest BCUT2D eigenvalue weighted by Crippen LogP contribution is 2.23. The highest BCUT2D eigenvalue weighted by atomic mass is 19.1. The number of hydrogen-bond donors (Lipinski definition) is 1. The molecule has 1 N–H and O–H groups in total. The molecule has 2 rings (SSSR count). The maximum Gasteiger partial charge on any atom is 0.165 e. The van der Waals surface area contributed by atoms with E-state index in [1.165, 1.54) is 7.11 Å². The van der Waals surface area contributed by atoms with Crippen LogP contribution < -0.4 is 10.1 Å². The molecule has 0 radical (unpaired) electrons. The molecule has 19 heavy (non-hydrogen) atoms. The van der Waals surface area contributed by atoms with Gasteiger partial charge in [-0.05, 0) is 37.1 Å². The minimum Gasteiger partial charge on any atom is -0.494 e. The van der Waals surface area contributed by atoms with Crippen molar-refractivity contribution in [1.29, 1.82) is 0 Å². The zero-order chi connectivity index (χ0) is 13.7. The standard InChI is InChI=1S/C15H22FNO2/c1-3-17-14(12-6-7-19-10-12)9-11-4-5-15(18-2)13(16)8-11/h4-5,8,12,14,17H,3,6-7,9-10H2,1-2H3.